The number of carbonyl (C=O) groups is 1. The molecule has 2 aromatic carbocycles. The molecule has 0 radical (unpaired) electrons. The predicted octanol–water partition coefficient (Wildman–Crippen LogP) is 3.02. The summed E-state index contributed by atoms with van der Waals surface area (Å²) in [6, 6.07) is 15.0. The number of methoxy groups -OCH3 is 1. The first-order chi connectivity index (χ1) is 12.2. The molecule has 1 amide bonds. The van der Waals surface area contributed by atoms with Gasteiger partial charge in [0.1, 0.15) is 18.1 Å². The SMILES string of the molecule is COc1ccc(OCCNC(=O)CCNCc2ccc(Cl)cc2)cc1. The Morgan fingerprint density at radius 3 is 2.36 bits per heavy atom. The quantitative estimate of drug-likeness (QED) is 0.638. The second kappa shape index (κ2) is 10.6. The van der Waals surface area contributed by atoms with Crippen molar-refractivity contribution in [3.63, 3.8) is 0 Å². The molecule has 0 aromatic heterocycles. The first-order valence-electron chi connectivity index (χ1n) is 8.16. The maximum atomic E-state index is 11.8. The van der Waals surface area contributed by atoms with Crippen LogP contribution < -0.4 is 20.1 Å². The predicted molar refractivity (Wildman–Crippen MR) is 99.3 cm³/mol. The Balaban J connectivity index is 1.52. The molecule has 6 heteroatoms. The summed E-state index contributed by atoms with van der Waals surface area (Å²) in [6.07, 6.45) is 0.427. The lowest BCUT2D eigenvalue weighted by atomic mass is 10.2. The van der Waals surface area contributed by atoms with Crippen LogP contribution in [0.25, 0.3) is 0 Å². The largest absolute Gasteiger partial charge is 0.497 e. The average Bonchev–Trinajstić information content (AvgIpc) is 2.64. The molecule has 0 aliphatic carbocycles. The molecule has 0 heterocycles. The molecule has 0 fully saturated rings. The van der Waals surface area contributed by atoms with Gasteiger partial charge < -0.3 is 20.1 Å². The lowest BCUT2D eigenvalue weighted by Gasteiger charge is -2.09. The van der Waals surface area contributed by atoms with Gasteiger partial charge in [-0.05, 0) is 42.0 Å². The van der Waals surface area contributed by atoms with Crippen LogP contribution in [0.1, 0.15) is 12.0 Å². The van der Waals surface area contributed by atoms with Crippen molar-refractivity contribution in [3.05, 3.63) is 59.1 Å². The smallest absolute Gasteiger partial charge is 0.221 e. The van der Waals surface area contributed by atoms with Gasteiger partial charge in [0.05, 0.1) is 13.7 Å². The van der Waals surface area contributed by atoms with Gasteiger partial charge in [-0.3, -0.25) is 4.79 Å². The number of ether oxygens (including phenoxy) is 2. The van der Waals surface area contributed by atoms with E-state index in [4.69, 9.17) is 21.1 Å². The van der Waals surface area contributed by atoms with Crippen molar-refractivity contribution in [3.8, 4) is 11.5 Å². The second-order valence-electron chi connectivity index (χ2n) is 5.43. The van der Waals surface area contributed by atoms with E-state index < -0.39 is 0 Å². The van der Waals surface area contributed by atoms with Crippen LogP contribution in [0.2, 0.25) is 5.02 Å². The molecule has 0 unspecified atom stereocenters. The summed E-state index contributed by atoms with van der Waals surface area (Å²) in [5.74, 6) is 1.54. The van der Waals surface area contributed by atoms with Gasteiger partial charge in [0.2, 0.25) is 5.91 Å². The van der Waals surface area contributed by atoms with E-state index in [0.29, 0.717) is 32.7 Å². The van der Waals surface area contributed by atoms with Gasteiger partial charge in [0, 0.05) is 24.5 Å². The van der Waals surface area contributed by atoms with E-state index in [1.807, 2.05) is 48.5 Å². The summed E-state index contributed by atoms with van der Waals surface area (Å²) in [5.41, 5.74) is 1.14. The third-order valence-corrected chi connectivity index (χ3v) is 3.78. The Bertz CT molecular complexity index is 645. The maximum Gasteiger partial charge on any atom is 0.221 e. The zero-order valence-corrected chi connectivity index (χ0v) is 15.0. The average molecular weight is 363 g/mol. The summed E-state index contributed by atoms with van der Waals surface area (Å²) < 4.78 is 10.6. The zero-order valence-electron chi connectivity index (χ0n) is 14.3. The molecular weight excluding hydrogens is 340 g/mol. The molecule has 0 aliphatic rings. The standard InChI is InChI=1S/C19H23ClN2O3/c1-24-17-6-8-18(9-7-17)25-13-12-22-19(23)10-11-21-14-15-2-4-16(20)5-3-15/h2-9,21H,10-14H2,1H3,(H,22,23). The third kappa shape index (κ3) is 7.45. The van der Waals surface area contributed by atoms with Gasteiger partial charge in [0.25, 0.3) is 0 Å². The van der Waals surface area contributed by atoms with E-state index in [1.54, 1.807) is 7.11 Å². The summed E-state index contributed by atoms with van der Waals surface area (Å²) >= 11 is 5.84. The highest BCUT2D eigenvalue weighted by Gasteiger charge is 2.01. The lowest BCUT2D eigenvalue weighted by Crippen LogP contribution is -2.30. The number of amides is 1. The molecule has 0 aliphatic heterocycles. The van der Waals surface area contributed by atoms with Gasteiger partial charge in [0.15, 0.2) is 0 Å². The molecule has 2 N–H and O–H groups in total. The molecule has 0 spiro atoms. The van der Waals surface area contributed by atoms with E-state index >= 15 is 0 Å². The minimum absolute atomic E-state index is 0.00179. The molecule has 0 saturated heterocycles. The van der Waals surface area contributed by atoms with Crippen LogP contribution in [0.15, 0.2) is 48.5 Å². The van der Waals surface area contributed by atoms with Crippen LogP contribution in [-0.4, -0.2) is 32.7 Å². The highest BCUT2D eigenvalue weighted by molar-refractivity contribution is 6.30. The van der Waals surface area contributed by atoms with Crippen molar-refractivity contribution >= 4 is 17.5 Å². The second-order valence-corrected chi connectivity index (χ2v) is 5.86. The van der Waals surface area contributed by atoms with Gasteiger partial charge in [-0.2, -0.15) is 0 Å². The molecule has 0 atom stereocenters. The van der Waals surface area contributed by atoms with E-state index in [1.165, 1.54) is 0 Å². The minimum Gasteiger partial charge on any atom is -0.497 e. The van der Waals surface area contributed by atoms with Gasteiger partial charge in [-0.15, -0.1) is 0 Å². The molecule has 2 aromatic rings. The molecular formula is C19H23ClN2O3. The zero-order chi connectivity index (χ0) is 17.9. The van der Waals surface area contributed by atoms with Crippen molar-refractivity contribution in [1.82, 2.24) is 10.6 Å². The Morgan fingerprint density at radius 2 is 1.68 bits per heavy atom. The topological polar surface area (TPSA) is 59.6 Å². The number of hydrogen-bond acceptors (Lipinski definition) is 4. The van der Waals surface area contributed by atoms with Gasteiger partial charge >= 0.3 is 0 Å². The van der Waals surface area contributed by atoms with Crippen molar-refractivity contribution in [2.24, 2.45) is 0 Å². The molecule has 2 rings (SSSR count). The number of nitrogens with one attached hydrogen (secondary N) is 2. The van der Waals surface area contributed by atoms with Crippen LogP contribution in [-0.2, 0) is 11.3 Å². The molecule has 25 heavy (non-hydrogen) atoms. The number of rotatable bonds is 10. The van der Waals surface area contributed by atoms with Crippen LogP contribution in [0.3, 0.4) is 0 Å². The van der Waals surface area contributed by atoms with Crippen LogP contribution >= 0.6 is 11.6 Å². The third-order valence-electron chi connectivity index (χ3n) is 3.52. The monoisotopic (exact) mass is 362 g/mol. The fraction of sp³-hybridized carbons (Fsp3) is 0.316. The van der Waals surface area contributed by atoms with Crippen LogP contribution in [0.5, 0.6) is 11.5 Å². The molecule has 134 valence electrons. The van der Waals surface area contributed by atoms with Gasteiger partial charge in [-0.25, -0.2) is 0 Å². The molecule has 5 nitrogen and oxygen atoms in total. The van der Waals surface area contributed by atoms with E-state index in [-0.39, 0.29) is 5.91 Å². The fourth-order valence-corrected chi connectivity index (χ4v) is 2.28. The number of benzene rings is 2. The van der Waals surface area contributed by atoms with Crippen LogP contribution in [0, 0.1) is 0 Å². The maximum absolute atomic E-state index is 11.8. The lowest BCUT2D eigenvalue weighted by molar-refractivity contribution is -0.121. The van der Waals surface area contributed by atoms with Crippen molar-refractivity contribution in [2.45, 2.75) is 13.0 Å². The fourth-order valence-electron chi connectivity index (χ4n) is 2.16. The normalized spacial score (nSPS) is 10.3. The van der Waals surface area contributed by atoms with Crippen molar-refractivity contribution in [2.75, 3.05) is 26.8 Å². The number of hydrogen-bond donors (Lipinski definition) is 2. The first kappa shape index (κ1) is 19.1. The Kier molecular flexibility index (Phi) is 8.09. The van der Waals surface area contributed by atoms with Crippen molar-refractivity contribution in [1.29, 1.82) is 0 Å². The highest BCUT2D eigenvalue weighted by Crippen LogP contribution is 2.16. The van der Waals surface area contributed by atoms with E-state index in [0.717, 1.165) is 22.1 Å². The van der Waals surface area contributed by atoms with Crippen LogP contribution in [0.4, 0.5) is 0 Å². The first-order valence-corrected chi connectivity index (χ1v) is 8.54. The van der Waals surface area contributed by atoms with Gasteiger partial charge in [-0.1, -0.05) is 23.7 Å². The highest BCUT2D eigenvalue weighted by atomic mass is 35.5. The Hall–Kier alpha value is -2.24. The number of halogens is 1. The molecule has 0 saturated carbocycles. The number of carbonyl (C=O) groups excluding carboxylic acids is 1. The van der Waals surface area contributed by atoms with E-state index in [2.05, 4.69) is 10.6 Å². The Labute approximate surface area is 153 Å². The van der Waals surface area contributed by atoms with E-state index in [9.17, 15) is 4.79 Å². The minimum atomic E-state index is 0.00179. The summed E-state index contributed by atoms with van der Waals surface area (Å²) in [6.45, 7) is 2.23. The molecule has 0 bridgehead atoms. The summed E-state index contributed by atoms with van der Waals surface area (Å²) in [7, 11) is 1.62. The Morgan fingerprint density at radius 1 is 1.00 bits per heavy atom. The van der Waals surface area contributed by atoms with Crippen molar-refractivity contribution < 1.29 is 14.3 Å². The summed E-state index contributed by atoms with van der Waals surface area (Å²) in [5, 5.41) is 6.79. The summed E-state index contributed by atoms with van der Waals surface area (Å²) in [4.78, 5) is 11.8.